The second-order valence-electron chi connectivity index (χ2n) is 9.98. The van der Waals surface area contributed by atoms with Crippen molar-refractivity contribution in [2.24, 2.45) is 0 Å². The summed E-state index contributed by atoms with van der Waals surface area (Å²) in [7, 11) is 0. The quantitative estimate of drug-likeness (QED) is 0.206. The molecule has 192 valence electrons. The third kappa shape index (κ3) is 6.00. The van der Waals surface area contributed by atoms with Gasteiger partial charge in [-0.25, -0.2) is 8.78 Å². The van der Waals surface area contributed by atoms with Crippen molar-refractivity contribution in [1.29, 1.82) is 0 Å². The predicted octanol–water partition coefficient (Wildman–Crippen LogP) is 9.93. The molecule has 0 amide bonds. The van der Waals surface area contributed by atoms with Gasteiger partial charge in [0.1, 0.15) is 11.6 Å². The van der Waals surface area contributed by atoms with Gasteiger partial charge in [-0.05, 0) is 89.0 Å². The van der Waals surface area contributed by atoms with E-state index in [0.717, 1.165) is 51.8 Å². The summed E-state index contributed by atoms with van der Waals surface area (Å²) in [5, 5.41) is 0. The van der Waals surface area contributed by atoms with E-state index in [1.54, 1.807) is 6.07 Å². The number of aryl methyl sites for hydroxylation is 3. The monoisotopic (exact) mass is 512 g/mol. The number of halogens is 2. The smallest absolute Gasteiger partial charge is 0.139 e. The van der Waals surface area contributed by atoms with Gasteiger partial charge in [-0.3, -0.25) is 0 Å². The molecular formula is C37H30F2. The highest BCUT2D eigenvalue weighted by molar-refractivity contribution is 5.71. The zero-order valence-corrected chi connectivity index (χ0v) is 22.5. The van der Waals surface area contributed by atoms with Crippen molar-refractivity contribution in [2.75, 3.05) is 0 Å². The van der Waals surface area contributed by atoms with Gasteiger partial charge in [0.25, 0.3) is 0 Å². The molecule has 0 radical (unpaired) electrons. The van der Waals surface area contributed by atoms with Crippen molar-refractivity contribution in [3.8, 4) is 45.2 Å². The first kappa shape index (κ1) is 26.1. The largest absolute Gasteiger partial charge is 0.206 e. The molecule has 2 heteroatoms. The molecule has 0 aromatic heterocycles. The zero-order chi connectivity index (χ0) is 27.4. The predicted molar refractivity (Wildman–Crippen MR) is 159 cm³/mol. The van der Waals surface area contributed by atoms with Crippen LogP contribution in [0.2, 0.25) is 0 Å². The van der Waals surface area contributed by atoms with Crippen LogP contribution in [0.25, 0.3) is 33.4 Å². The van der Waals surface area contributed by atoms with Gasteiger partial charge < -0.3 is 0 Å². The minimum Gasteiger partial charge on any atom is -0.206 e. The van der Waals surface area contributed by atoms with Crippen molar-refractivity contribution in [3.05, 3.63) is 143 Å². The molecule has 0 aliphatic rings. The van der Waals surface area contributed by atoms with E-state index in [-0.39, 0.29) is 11.1 Å². The Morgan fingerprint density at radius 1 is 0.538 bits per heavy atom. The lowest BCUT2D eigenvalue weighted by Crippen LogP contribution is -1.93. The van der Waals surface area contributed by atoms with Crippen molar-refractivity contribution < 1.29 is 8.78 Å². The van der Waals surface area contributed by atoms with Crippen LogP contribution in [0.1, 0.15) is 41.2 Å². The summed E-state index contributed by atoms with van der Waals surface area (Å²) in [6, 6.07) is 33.1. The Morgan fingerprint density at radius 2 is 1.05 bits per heavy atom. The summed E-state index contributed by atoms with van der Waals surface area (Å²) in [6.45, 7) is 6.05. The molecule has 0 aliphatic heterocycles. The summed E-state index contributed by atoms with van der Waals surface area (Å²) in [6.07, 6.45) is 2.12. The summed E-state index contributed by atoms with van der Waals surface area (Å²) in [4.78, 5) is 0. The Kier molecular flexibility index (Phi) is 7.71. The Bertz CT molecular complexity index is 1640. The summed E-state index contributed by atoms with van der Waals surface area (Å²) in [5.41, 5.74) is 9.46. The third-order valence-electron chi connectivity index (χ3n) is 7.01. The van der Waals surface area contributed by atoms with Crippen LogP contribution in [0.3, 0.4) is 0 Å². The van der Waals surface area contributed by atoms with E-state index < -0.39 is 11.6 Å². The van der Waals surface area contributed by atoms with Crippen LogP contribution in [0.5, 0.6) is 0 Å². The molecule has 0 heterocycles. The van der Waals surface area contributed by atoms with Gasteiger partial charge in [0.15, 0.2) is 0 Å². The van der Waals surface area contributed by atoms with Crippen LogP contribution in [-0.4, -0.2) is 0 Å². The lowest BCUT2D eigenvalue weighted by atomic mass is 9.97. The number of benzene rings is 5. The molecule has 0 spiro atoms. The van der Waals surface area contributed by atoms with Crippen LogP contribution < -0.4 is 0 Å². The van der Waals surface area contributed by atoms with Gasteiger partial charge in [-0.2, -0.15) is 0 Å². The Morgan fingerprint density at radius 3 is 1.64 bits per heavy atom. The summed E-state index contributed by atoms with van der Waals surface area (Å²) < 4.78 is 30.1. The van der Waals surface area contributed by atoms with Gasteiger partial charge in [0.05, 0.1) is 11.1 Å². The standard InChI is InChI=1S/C37H30F2/c1-4-5-27-8-12-31(13-9-27)34-22-26(3)35(37(39)24-34)21-20-32-18-19-33(23-36(32)38)30-16-14-29(15-17-30)28-10-6-25(2)7-11-28/h6-19,22-24H,4-5H2,1-3H3. The number of hydrogen-bond donors (Lipinski definition) is 0. The molecule has 0 fully saturated rings. The van der Waals surface area contributed by atoms with E-state index in [1.165, 1.54) is 23.3 Å². The highest BCUT2D eigenvalue weighted by Gasteiger charge is 2.09. The maximum absolute atomic E-state index is 15.1. The number of hydrogen-bond acceptors (Lipinski definition) is 0. The van der Waals surface area contributed by atoms with Crippen molar-refractivity contribution >= 4 is 0 Å². The van der Waals surface area contributed by atoms with Crippen LogP contribution in [0.4, 0.5) is 8.78 Å². The van der Waals surface area contributed by atoms with Crippen LogP contribution >= 0.6 is 0 Å². The van der Waals surface area contributed by atoms with Crippen LogP contribution in [-0.2, 0) is 6.42 Å². The minimum atomic E-state index is -0.426. The normalized spacial score (nSPS) is 10.7. The molecule has 0 atom stereocenters. The van der Waals surface area contributed by atoms with Crippen molar-refractivity contribution in [3.63, 3.8) is 0 Å². The third-order valence-corrected chi connectivity index (χ3v) is 7.01. The van der Waals surface area contributed by atoms with Gasteiger partial charge in [-0.1, -0.05) is 110 Å². The van der Waals surface area contributed by atoms with E-state index in [1.807, 2.05) is 55.5 Å². The molecule has 0 bridgehead atoms. The van der Waals surface area contributed by atoms with Crippen molar-refractivity contribution in [1.82, 2.24) is 0 Å². The van der Waals surface area contributed by atoms with Gasteiger partial charge in [0.2, 0.25) is 0 Å². The molecule has 0 nitrogen and oxygen atoms in total. The molecule has 0 aliphatic carbocycles. The lowest BCUT2D eigenvalue weighted by Gasteiger charge is -2.08. The second kappa shape index (κ2) is 11.5. The highest BCUT2D eigenvalue weighted by Crippen LogP contribution is 2.28. The summed E-state index contributed by atoms with van der Waals surface area (Å²) in [5.74, 6) is 4.88. The van der Waals surface area contributed by atoms with E-state index in [0.29, 0.717) is 0 Å². The van der Waals surface area contributed by atoms with E-state index >= 15 is 4.39 Å². The fourth-order valence-electron chi connectivity index (χ4n) is 4.75. The zero-order valence-electron chi connectivity index (χ0n) is 22.5. The maximum Gasteiger partial charge on any atom is 0.139 e. The van der Waals surface area contributed by atoms with E-state index in [2.05, 4.69) is 62.1 Å². The summed E-state index contributed by atoms with van der Waals surface area (Å²) >= 11 is 0. The Balaban J connectivity index is 1.35. The average Bonchev–Trinajstić information content (AvgIpc) is 2.94. The topological polar surface area (TPSA) is 0 Å². The maximum atomic E-state index is 15.1. The minimum absolute atomic E-state index is 0.240. The SMILES string of the molecule is CCCc1ccc(-c2cc(C)c(C#Cc3ccc(-c4ccc(-c5ccc(C)cc5)cc4)cc3F)c(F)c2)cc1. The van der Waals surface area contributed by atoms with Crippen molar-refractivity contribution in [2.45, 2.75) is 33.6 Å². The fourth-order valence-corrected chi connectivity index (χ4v) is 4.75. The van der Waals surface area contributed by atoms with E-state index in [4.69, 9.17) is 0 Å². The first-order valence-electron chi connectivity index (χ1n) is 13.3. The first-order chi connectivity index (χ1) is 18.9. The van der Waals surface area contributed by atoms with Gasteiger partial charge >= 0.3 is 0 Å². The second-order valence-corrected chi connectivity index (χ2v) is 9.98. The molecule has 5 aromatic carbocycles. The number of rotatable bonds is 5. The van der Waals surface area contributed by atoms with Crippen LogP contribution in [0, 0.1) is 37.3 Å². The molecule has 0 unspecified atom stereocenters. The Hall–Kier alpha value is -4.48. The van der Waals surface area contributed by atoms with Gasteiger partial charge in [-0.15, -0.1) is 0 Å². The molecule has 0 saturated carbocycles. The average molecular weight is 513 g/mol. The first-order valence-corrected chi connectivity index (χ1v) is 13.3. The fraction of sp³-hybridized carbons (Fsp3) is 0.135. The molecule has 0 saturated heterocycles. The highest BCUT2D eigenvalue weighted by atomic mass is 19.1. The molecule has 5 rings (SSSR count). The lowest BCUT2D eigenvalue weighted by molar-refractivity contribution is 0.622. The van der Waals surface area contributed by atoms with Gasteiger partial charge in [0, 0.05) is 0 Å². The van der Waals surface area contributed by atoms with E-state index in [9.17, 15) is 4.39 Å². The van der Waals surface area contributed by atoms with Crippen LogP contribution in [0.15, 0.2) is 103 Å². The Labute approximate surface area is 230 Å². The molecule has 5 aromatic rings. The molecular weight excluding hydrogens is 482 g/mol. The molecule has 0 N–H and O–H groups in total. The molecule has 39 heavy (non-hydrogen) atoms.